The highest BCUT2D eigenvalue weighted by molar-refractivity contribution is 9.11. The molecule has 0 radical (unpaired) electrons. The van der Waals surface area contributed by atoms with Crippen LogP contribution in [0.5, 0.6) is 0 Å². The molecule has 0 aromatic carbocycles. The first-order valence-corrected chi connectivity index (χ1v) is 8.70. The number of hydrogen-bond acceptors (Lipinski definition) is 6. The van der Waals surface area contributed by atoms with E-state index in [0.717, 1.165) is 36.5 Å². The van der Waals surface area contributed by atoms with Gasteiger partial charge in [-0.3, -0.25) is 19.9 Å². The van der Waals surface area contributed by atoms with E-state index in [4.69, 9.17) is 0 Å². The smallest absolute Gasteiger partial charge is 0.413 e. The molecule has 8 heteroatoms. The van der Waals surface area contributed by atoms with Crippen LogP contribution < -0.4 is 5.32 Å². The van der Waals surface area contributed by atoms with Crippen molar-refractivity contribution in [2.45, 2.75) is 19.5 Å². The van der Waals surface area contributed by atoms with E-state index in [9.17, 15) is 9.59 Å². The van der Waals surface area contributed by atoms with Crippen LogP contribution in [0.2, 0.25) is 0 Å². The summed E-state index contributed by atoms with van der Waals surface area (Å²) < 4.78 is 5.59. The fourth-order valence-corrected chi connectivity index (χ4v) is 3.91. The highest BCUT2D eigenvalue weighted by Crippen LogP contribution is 2.23. The van der Waals surface area contributed by atoms with Crippen LogP contribution in [0.3, 0.4) is 0 Å². The lowest BCUT2D eigenvalue weighted by molar-refractivity contribution is -0.125. The monoisotopic (exact) mass is 389 g/mol. The minimum Gasteiger partial charge on any atom is -0.453 e. The van der Waals surface area contributed by atoms with Gasteiger partial charge in [-0.2, -0.15) is 0 Å². The molecule has 22 heavy (non-hydrogen) atoms. The van der Waals surface area contributed by atoms with E-state index < -0.39 is 6.09 Å². The molecular weight excluding hydrogens is 370 g/mol. The van der Waals surface area contributed by atoms with Crippen molar-refractivity contribution in [3.63, 3.8) is 0 Å². The standard InChI is InChI=1S/C14H20BrN3O3S/c1-10(13(19)16-14(20)21-2)18-7-5-17(6-8-18)9-11-3-4-12(15)22-11/h3-4,10H,5-9H2,1-2H3,(H,16,19,20)/t10-/m0/s1. The third-order valence-corrected chi connectivity index (χ3v) is 5.36. The Morgan fingerprint density at radius 3 is 2.59 bits per heavy atom. The molecular formula is C14H20BrN3O3S. The predicted octanol–water partition coefficient (Wildman–Crippen LogP) is 1.90. The second kappa shape index (κ2) is 8.05. The first-order valence-electron chi connectivity index (χ1n) is 7.09. The number of imide groups is 1. The second-order valence-electron chi connectivity index (χ2n) is 5.17. The van der Waals surface area contributed by atoms with Crippen LogP contribution in [0.15, 0.2) is 15.9 Å². The highest BCUT2D eigenvalue weighted by atomic mass is 79.9. The van der Waals surface area contributed by atoms with E-state index in [1.807, 2.05) is 6.92 Å². The number of hydrogen-bond donors (Lipinski definition) is 1. The fourth-order valence-electron chi connectivity index (χ4n) is 2.39. The molecule has 0 bridgehead atoms. The molecule has 1 N–H and O–H groups in total. The SMILES string of the molecule is COC(=O)NC(=O)[C@H](C)N1CCN(Cc2ccc(Br)s2)CC1. The van der Waals surface area contributed by atoms with Gasteiger partial charge >= 0.3 is 6.09 Å². The third kappa shape index (κ3) is 4.77. The molecule has 1 saturated heterocycles. The lowest BCUT2D eigenvalue weighted by Crippen LogP contribution is -2.54. The number of ether oxygens (including phenoxy) is 1. The third-order valence-electron chi connectivity index (χ3n) is 3.75. The van der Waals surface area contributed by atoms with Crippen LogP contribution in [0.25, 0.3) is 0 Å². The lowest BCUT2D eigenvalue weighted by atomic mass is 10.2. The number of alkyl carbamates (subject to hydrolysis) is 1. The van der Waals surface area contributed by atoms with Crippen LogP contribution in [-0.4, -0.2) is 61.1 Å². The maximum atomic E-state index is 11.9. The molecule has 2 amide bonds. The summed E-state index contributed by atoms with van der Waals surface area (Å²) >= 11 is 5.23. The Kier molecular flexibility index (Phi) is 6.37. The van der Waals surface area contributed by atoms with Crippen LogP contribution in [0, 0.1) is 0 Å². The molecule has 0 saturated carbocycles. The van der Waals surface area contributed by atoms with Crippen molar-refractivity contribution in [3.05, 3.63) is 20.8 Å². The molecule has 122 valence electrons. The van der Waals surface area contributed by atoms with Gasteiger partial charge in [-0.25, -0.2) is 4.79 Å². The Morgan fingerprint density at radius 2 is 2.05 bits per heavy atom. The number of halogens is 1. The summed E-state index contributed by atoms with van der Waals surface area (Å²) in [6, 6.07) is 3.86. The summed E-state index contributed by atoms with van der Waals surface area (Å²) in [7, 11) is 1.25. The van der Waals surface area contributed by atoms with Gasteiger partial charge in [-0.05, 0) is 35.0 Å². The van der Waals surface area contributed by atoms with E-state index >= 15 is 0 Å². The zero-order valence-electron chi connectivity index (χ0n) is 12.7. The van der Waals surface area contributed by atoms with Crippen LogP contribution >= 0.6 is 27.3 Å². The number of carbonyl (C=O) groups excluding carboxylic acids is 2. The van der Waals surface area contributed by atoms with Gasteiger partial charge in [0.25, 0.3) is 0 Å². The Balaban J connectivity index is 1.78. The fraction of sp³-hybridized carbons (Fsp3) is 0.571. The van der Waals surface area contributed by atoms with Gasteiger partial charge in [0.2, 0.25) is 5.91 Å². The summed E-state index contributed by atoms with van der Waals surface area (Å²) in [6.07, 6.45) is -0.709. The number of thiophene rings is 1. The van der Waals surface area contributed by atoms with Gasteiger partial charge in [0.15, 0.2) is 0 Å². The Morgan fingerprint density at radius 1 is 1.36 bits per heavy atom. The number of nitrogens with one attached hydrogen (secondary N) is 1. The van der Waals surface area contributed by atoms with Crippen molar-refractivity contribution < 1.29 is 14.3 Å². The molecule has 6 nitrogen and oxygen atoms in total. The van der Waals surface area contributed by atoms with Gasteiger partial charge in [0.1, 0.15) is 0 Å². The maximum Gasteiger partial charge on any atom is 0.413 e. The van der Waals surface area contributed by atoms with Gasteiger partial charge < -0.3 is 4.74 Å². The van der Waals surface area contributed by atoms with Crippen molar-refractivity contribution in [2.24, 2.45) is 0 Å². The molecule has 1 aliphatic rings. The molecule has 2 heterocycles. The van der Waals surface area contributed by atoms with Crippen molar-refractivity contribution in [2.75, 3.05) is 33.3 Å². The summed E-state index contributed by atoms with van der Waals surface area (Å²) in [5.74, 6) is -0.317. The van der Waals surface area contributed by atoms with Gasteiger partial charge in [0.05, 0.1) is 16.9 Å². The van der Waals surface area contributed by atoms with Crippen molar-refractivity contribution in [1.82, 2.24) is 15.1 Å². The molecule has 0 spiro atoms. The second-order valence-corrected chi connectivity index (χ2v) is 7.72. The first kappa shape index (κ1) is 17.4. The molecule has 0 unspecified atom stereocenters. The van der Waals surface area contributed by atoms with Crippen molar-refractivity contribution >= 4 is 39.3 Å². The summed E-state index contributed by atoms with van der Waals surface area (Å²) in [5, 5.41) is 2.22. The average Bonchev–Trinajstić information content (AvgIpc) is 2.92. The molecule has 1 aliphatic heterocycles. The van der Waals surface area contributed by atoms with E-state index in [2.05, 4.69) is 47.9 Å². The van der Waals surface area contributed by atoms with Gasteiger partial charge in [-0.15, -0.1) is 11.3 Å². The van der Waals surface area contributed by atoms with Gasteiger partial charge in [0, 0.05) is 37.6 Å². The number of amides is 2. The van der Waals surface area contributed by atoms with Crippen LogP contribution in [0.4, 0.5) is 4.79 Å². The van der Waals surface area contributed by atoms with Crippen molar-refractivity contribution in [1.29, 1.82) is 0 Å². The molecule has 2 rings (SSSR count). The largest absolute Gasteiger partial charge is 0.453 e. The van der Waals surface area contributed by atoms with Gasteiger partial charge in [-0.1, -0.05) is 0 Å². The van der Waals surface area contributed by atoms with E-state index in [1.165, 1.54) is 12.0 Å². The summed E-state index contributed by atoms with van der Waals surface area (Å²) in [5.41, 5.74) is 0. The Bertz CT molecular complexity index is 529. The predicted molar refractivity (Wildman–Crippen MR) is 88.9 cm³/mol. The average molecular weight is 390 g/mol. The molecule has 1 aromatic rings. The number of piperazine rings is 1. The van der Waals surface area contributed by atoms with E-state index in [-0.39, 0.29) is 11.9 Å². The summed E-state index contributed by atoms with van der Waals surface area (Å²) in [4.78, 5) is 28.8. The maximum absolute atomic E-state index is 11.9. The molecule has 1 atom stereocenters. The quantitative estimate of drug-likeness (QED) is 0.851. The molecule has 1 fully saturated rings. The number of rotatable bonds is 4. The zero-order valence-corrected chi connectivity index (χ0v) is 15.1. The minimum atomic E-state index is -0.709. The lowest BCUT2D eigenvalue weighted by Gasteiger charge is -2.37. The summed E-state index contributed by atoms with van der Waals surface area (Å²) in [6.45, 7) is 6.18. The van der Waals surface area contributed by atoms with Crippen molar-refractivity contribution in [3.8, 4) is 0 Å². The topological polar surface area (TPSA) is 61.9 Å². The Hall–Kier alpha value is -0.960. The first-order chi connectivity index (χ1) is 10.5. The zero-order chi connectivity index (χ0) is 16.1. The molecule has 0 aliphatic carbocycles. The van der Waals surface area contributed by atoms with Crippen LogP contribution in [-0.2, 0) is 16.1 Å². The Labute approximate surface area is 142 Å². The number of nitrogens with zero attached hydrogens (tertiary/aromatic N) is 2. The highest BCUT2D eigenvalue weighted by Gasteiger charge is 2.26. The van der Waals surface area contributed by atoms with E-state index in [0.29, 0.717) is 0 Å². The normalized spacial score (nSPS) is 18.0. The van der Waals surface area contributed by atoms with Crippen LogP contribution in [0.1, 0.15) is 11.8 Å². The number of carbonyl (C=O) groups is 2. The van der Waals surface area contributed by atoms with E-state index in [1.54, 1.807) is 11.3 Å². The minimum absolute atomic E-state index is 0.317. The number of methoxy groups -OCH3 is 1. The molecule has 1 aromatic heterocycles.